The van der Waals surface area contributed by atoms with Crippen LogP contribution in [0.3, 0.4) is 0 Å². The Morgan fingerprint density at radius 1 is 1.24 bits per heavy atom. The van der Waals surface area contributed by atoms with Crippen LogP contribution in [0.1, 0.15) is 52.9 Å². The third-order valence-electron chi connectivity index (χ3n) is 8.56. The van der Waals surface area contributed by atoms with E-state index in [1.807, 2.05) is 13.8 Å². The van der Waals surface area contributed by atoms with E-state index in [0.29, 0.717) is 26.1 Å². The Labute approximate surface area is 230 Å². The van der Waals surface area contributed by atoms with E-state index < -0.39 is 35.6 Å². The summed E-state index contributed by atoms with van der Waals surface area (Å²) < 4.78 is 6.62. The fraction of sp³-hybridized carbons (Fsp3) is 0.750. The number of rotatable bonds is 14. The first-order valence-corrected chi connectivity index (χ1v) is 14.6. The first kappa shape index (κ1) is 29.8. The predicted molar refractivity (Wildman–Crippen MR) is 147 cm³/mol. The number of carbonyl (C=O) groups excluding carboxylic acids is 3. The molecule has 3 rings (SSSR count). The van der Waals surface area contributed by atoms with Crippen molar-refractivity contribution in [2.75, 3.05) is 33.3 Å². The van der Waals surface area contributed by atoms with Crippen molar-refractivity contribution in [2.45, 2.75) is 81.5 Å². The van der Waals surface area contributed by atoms with Crippen molar-refractivity contribution in [3.63, 3.8) is 0 Å². The molecule has 1 N–H and O–H groups in total. The van der Waals surface area contributed by atoms with Gasteiger partial charge in [-0.1, -0.05) is 68.1 Å². The summed E-state index contributed by atoms with van der Waals surface area (Å²) in [4.78, 5) is 47.0. The number of hydrogen-bond acceptors (Lipinski definition) is 5. The van der Waals surface area contributed by atoms with Crippen LogP contribution in [-0.4, -0.2) is 99.4 Å². The van der Waals surface area contributed by atoms with Gasteiger partial charge >= 0.3 is 0 Å². The number of unbranched alkanes of at least 4 members (excludes halogenated alkanes) is 2. The number of aliphatic hydroxyl groups is 1. The zero-order chi connectivity index (χ0) is 27.5. The van der Waals surface area contributed by atoms with Gasteiger partial charge in [-0.3, -0.25) is 14.4 Å². The highest BCUT2D eigenvalue weighted by Crippen LogP contribution is 2.61. The summed E-state index contributed by atoms with van der Waals surface area (Å²) in [6.07, 6.45) is 6.89. The molecular weight excluding hydrogens is 538 g/mol. The number of nitrogens with zero attached hydrogens (tertiary/aromatic N) is 3. The molecular formula is C28H44BrN3O5. The Hall–Kier alpha value is -1.71. The summed E-state index contributed by atoms with van der Waals surface area (Å²) in [7, 11) is 1.70. The van der Waals surface area contributed by atoms with Crippen molar-refractivity contribution >= 4 is 33.7 Å². The van der Waals surface area contributed by atoms with Gasteiger partial charge in [-0.05, 0) is 18.8 Å². The number of likely N-dealkylation sites (N-methyl/N-ethyl adjacent to an activating group) is 1. The number of ether oxygens (including phenoxy) is 1. The Morgan fingerprint density at radius 2 is 1.92 bits per heavy atom. The molecule has 0 saturated carbocycles. The zero-order valence-corrected chi connectivity index (χ0v) is 24.4. The molecule has 208 valence electrons. The highest BCUT2D eigenvalue weighted by atomic mass is 79.9. The van der Waals surface area contributed by atoms with Crippen LogP contribution in [0.4, 0.5) is 0 Å². The van der Waals surface area contributed by atoms with Crippen molar-refractivity contribution in [3.8, 4) is 0 Å². The van der Waals surface area contributed by atoms with Gasteiger partial charge in [-0.25, -0.2) is 0 Å². The SMILES string of the molecule is C=CCN(C)C(=O)[C@H]1[C@H]2C(=O)N([C@@H](CO)[C@@H](C)CC)C(C(=O)N(CC=C)CCCCC)C23CC(Br)[C@@H]1O3. The smallest absolute Gasteiger partial charge is 0.248 e. The van der Waals surface area contributed by atoms with Gasteiger partial charge in [-0.15, -0.1) is 13.2 Å². The van der Waals surface area contributed by atoms with Crippen LogP contribution in [-0.2, 0) is 19.1 Å². The van der Waals surface area contributed by atoms with Crippen LogP contribution in [0.2, 0.25) is 0 Å². The predicted octanol–water partition coefficient (Wildman–Crippen LogP) is 2.99. The molecule has 8 nitrogen and oxygen atoms in total. The number of carbonyl (C=O) groups is 3. The molecule has 3 saturated heterocycles. The summed E-state index contributed by atoms with van der Waals surface area (Å²) >= 11 is 3.72. The Kier molecular flexibility index (Phi) is 10.0. The highest BCUT2D eigenvalue weighted by Gasteiger charge is 2.77. The maximum absolute atomic E-state index is 14.4. The van der Waals surface area contributed by atoms with Crippen molar-refractivity contribution in [2.24, 2.45) is 17.8 Å². The molecule has 1 spiro atoms. The summed E-state index contributed by atoms with van der Waals surface area (Å²) in [5.74, 6) is -2.17. The first-order valence-electron chi connectivity index (χ1n) is 13.6. The fourth-order valence-electron chi connectivity index (χ4n) is 6.51. The summed E-state index contributed by atoms with van der Waals surface area (Å²) in [6.45, 7) is 14.7. The summed E-state index contributed by atoms with van der Waals surface area (Å²) in [6, 6.07) is -1.46. The van der Waals surface area contributed by atoms with Crippen molar-refractivity contribution in [1.29, 1.82) is 0 Å². The van der Waals surface area contributed by atoms with E-state index in [1.165, 1.54) is 0 Å². The second-order valence-corrected chi connectivity index (χ2v) is 12.0. The minimum absolute atomic E-state index is 0.0398. The molecule has 9 heteroatoms. The normalized spacial score (nSPS) is 31.7. The largest absolute Gasteiger partial charge is 0.394 e. The Morgan fingerprint density at radius 3 is 2.49 bits per heavy atom. The molecule has 3 aliphatic heterocycles. The maximum atomic E-state index is 14.4. The van der Waals surface area contributed by atoms with E-state index in [9.17, 15) is 19.5 Å². The standard InChI is InChI=1S/C28H44BrN3O5/c1-7-11-12-15-31(14-9-3)27(36)24-28-16-19(29)23(37-28)21(25(34)30(6)13-8-2)22(28)26(35)32(24)20(17-33)18(5)10-4/h8-9,18-24,33H,2-3,7,10-17H2,1,4-6H3/t18-,19?,20-,21-,22-,23-,24?,28?/m0/s1. The van der Waals surface area contributed by atoms with Crippen LogP contribution in [0.25, 0.3) is 0 Å². The summed E-state index contributed by atoms with van der Waals surface area (Å²) in [5, 5.41) is 10.5. The minimum atomic E-state index is -1.13. The van der Waals surface area contributed by atoms with Gasteiger partial charge in [0.15, 0.2) is 0 Å². The van der Waals surface area contributed by atoms with Crippen LogP contribution in [0.15, 0.2) is 25.3 Å². The molecule has 3 unspecified atom stereocenters. The molecule has 0 radical (unpaired) electrons. The van der Waals surface area contributed by atoms with Crippen LogP contribution >= 0.6 is 15.9 Å². The van der Waals surface area contributed by atoms with Crippen molar-refractivity contribution in [3.05, 3.63) is 25.3 Å². The van der Waals surface area contributed by atoms with Crippen LogP contribution in [0, 0.1) is 17.8 Å². The maximum Gasteiger partial charge on any atom is 0.248 e. The minimum Gasteiger partial charge on any atom is -0.394 e. The number of amides is 3. The zero-order valence-electron chi connectivity index (χ0n) is 22.8. The van der Waals surface area contributed by atoms with Crippen LogP contribution < -0.4 is 0 Å². The van der Waals surface area contributed by atoms with Crippen molar-refractivity contribution in [1.82, 2.24) is 14.7 Å². The molecule has 3 heterocycles. The molecule has 2 bridgehead atoms. The average molecular weight is 583 g/mol. The second-order valence-electron chi connectivity index (χ2n) is 10.8. The number of hydrogen-bond donors (Lipinski definition) is 1. The topological polar surface area (TPSA) is 90.4 Å². The third kappa shape index (κ3) is 5.15. The average Bonchev–Trinajstić information content (AvgIpc) is 3.47. The Balaban J connectivity index is 2.11. The first-order chi connectivity index (χ1) is 17.6. The molecule has 3 amide bonds. The van der Waals surface area contributed by atoms with Gasteiger partial charge < -0.3 is 24.5 Å². The van der Waals surface area contributed by atoms with E-state index >= 15 is 0 Å². The fourth-order valence-corrected chi connectivity index (χ4v) is 7.45. The third-order valence-corrected chi connectivity index (χ3v) is 9.41. The lowest BCUT2D eigenvalue weighted by Crippen LogP contribution is -2.60. The number of alkyl halides is 1. The molecule has 3 aliphatic rings. The van der Waals surface area contributed by atoms with Crippen LogP contribution in [0.5, 0.6) is 0 Å². The van der Waals surface area contributed by atoms with E-state index in [1.54, 1.807) is 33.9 Å². The lowest BCUT2D eigenvalue weighted by Gasteiger charge is -2.41. The molecule has 3 fully saturated rings. The van der Waals surface area contributed by atoms with E-state index in [0.717, 1.165) is 25.7 Å². The molecule has 0 aromatic carbocycles. The van der Waals surface area contributed by atoms with Gasteiger partial charge in [0.25, 0.3) is 0 Å². The number of likely N-dealkylation sites (tertiary alicyclic amines) is 1. The summed E-state index contributed by atoms with van der Waals surface area (Å²) in [5.41, 5.74) is -1.13. The highest BCUT2D eigenvalue weighted by molar-refractivity contribution is 9.09. The van der Waals surface area contributed by atoms with Gasteiger partial charge in [0, 0.05) is 31.5 Å². The van der Waals surface area contributed by atoms with Gasteiger partial charge in [0.2, 0.25) is 17.7 Å². The number of halogens is 1. The van der Waals surface area contributed by atoms with E-state index in [4.69, 9.17) is 4.74 Å². The molecule has 8 atom stereocenters. The van der Waals surface area contributed by atoms with E-state index in [-0.39, 0.29) is 35.1 Å². The lowest BCUT2D eigenvalue weighted by molar-refractivity contribution is -0.153. The van der Waals surface area contributed by atoms with Crippen molar-refractivity contribution < 1.29 is 24.2 Å². The second kappa shape index (κ2) is 12.4. The molecule has 37 heavy (non-hydrogen) atoms. The molecule has 0 aromatic rings. The molecule has 0 aromatic heterocycles. The lowest BCUT2D eigenvalue weighted by atomic mass is 9.70. The van der Waals surface area contributed by atoms with Gasteiger partial charge in [0.1, 0.15) is 11.6 Å². The van der Waals surface area contributed by atoms with Gasteiger partial charge in [0.05, 0.1) is 30.6 Å². The molecule has 0 aliphatic carbocycles. The number of aliphatic hydroxyl groups excluding tert-OH is 1. The monoisotopic (exact) mass is 581 g/mol. The Bertz CT molecular complexity index is 884. The quantitative estimate of drug-likeness (QED) is 0.193. The van der Waals surface area contributed by atoms with E-state index in [2.05, 4.69) is 36.0 Å². The number of fused-ring (bicyclic) bond motifs is 1. The van der Waals surface area contributed by atoms with Gasteiger partial charge in [-0.2, -0.15) is 0 Å².